The minimum atomic E-state index is -1.26. The Balaban J connectivity index is 4.53. The van der Waals surface area contributed by atoms with Crippen LogP contribution in [0, 0.1) is 5.41 Å². The van der Waals surface area contributed by atoms with Gasteiger partial charge in [0, 0.05) is 5.41 Å². The van der Waals surface area contributed by atoms with Crippen molar-refractivity contribution in [2.45, 2.75) is 33.2 Å². The van der Waals surface area contributed by atoms with Crippen LogP contribution in [0.4, 0.5) is 0 Å². The molecular formula is C10H17NO5. The molecule has 16 heavy (non-hydrogen) atoms. The number of aliphatic carboxylic acids is 1. The molecule has 0 aliphatic heterocycles. The highest BCUT2D eigenvalue weighted by Gasteiger charge is 2.29. The topological polar surface area (TPSA) is 92.7 Å². The molecule has 0 rings (SSSR count). The number of carbonyl (C=O) groups is 3. The van der Waals surface area contributed by atoms with Crippen LogP contribution in [0.5, 0.6) is 0 Å². The molecule has 1 atom stereocenters. The van der Waals surface area contributed by atoms with Crippen molar-refractivity contribution in [3.05, 3.63) is 0 Å². The minimum Gasteiger partial charge on any atom is -0.480 e. The summed E-state index contributed by atoms with van der Waals surface area (Å²) >= 11 is 0. The molecule has 0 spiro atoms. The summed E-state index contributed by atoms with van der Waals surface area (Å²) in [6.45, 7) is 4.96. The van der Waals surface area contributed by atoms with Crippen LogP contribution in [-0.4, -0.2) is 36.1 Å². The van der Waals surface area contributed by atoms with Crippen LogP contribution in [0.1, 0.15) is 27.2 Å². The summed E-state index contributed by atoms with van der Waals surface area (Å²) in [5.74, 6) is -2.37. The lowest BCUT2D eigenvalue weighted by Gasteiger charge is -2.21. The van der Waals surface area contributed by atoms with E-state index in [4.69, 9.17) is 5.11 Å². The second-order valence-corrected chi connectivity index (χ2v) is 4.39. The van der Waals surface area contributed by atoms with Crippen molar-refractivity contribution < 1.29 is 24.2 Å². The molecule has 0 aliphatic rings. The highest BCUT2D eigenvalue weighted by atomic mass is 16.5. The van der Waals surface area contributed by atoms with E-state index in [1.807, 2.05) is 0 Å². The van der Waals surface area contributed by atoms with Gasteiger partial charge < -0.3 is 15.2 Å². The first-order valence-electron chi connectivity index (χ1n) is 4.79. The quantitative estimate of drug-likeness (QED) is 0.672. The summed E-state index contributed by atoms with van der Waals surface area (Å²) in [5.41, 5.74) is -0.705. The molecule has 0 aliphatic carbocycles. The molecule has 6 nitrogen and oxygen atoms in total. The number of ether oxygens (including phenoxy) is 1. The Hall–Kier alpha value is -1.59. The van der Waals surface area contributed by atoms with Gasteiger partial charge in [-0.2, -0.15) is 0 Å². The van der Waals surface area contributed by atoms with E-state index in [9.17, 15) is 14.4 Å². The van der Waals surface area contributed by atoms with E-state index in [1.54, 1.807) is 20.8 Å². The van der Waals surface area contributed by atoms with Crippen molar-refractivity contribution in [1.29, 1.82) is 0 Å². The third-order valence-electron chi connectivity index (χ3n) is 1.88. The van der Waals surface area contributed by atoms with Crippen LogP contribution in [0.25, 0.3) is 0 Å². The standard InChI is InChI=1S/C10H17NO5/c1-10(2,3)9(15)11-6(8(13)14)5-7(12)16-4/h6H,5H2,1-4H3,(H,11,15)(H,13,14)/t6-/m0/s1. The van der Waals surface area contributed by atoms with Gasteiger partial charge in [-0.1, -0.05) is 20.8 Å². The largest absolute Gasteiger partial charge is 0.480 e. The lowest BCUT2D eigenvalue weighted by molar-refractivity contribution is -0.149. The predicted molar refractivity (Wildman–Crippen MR) is 55.7 cm³/mol. The molecule has 0 aromatic heterocycles. The summed E-state index contributed by atoms with van der Waals surface area (Å²) in [6, 6.07) is -1.25. The van der Waals surface area contributed by atoms with Gasteiger partial charge in [-0.15, -0.1) is 0 Å². The average Bonchev–Trinajstić information content (AvgIpc) is 2.14. The van der Waals surface area contributed by atoms with E-state index in [2.05, 4.69) is 10.1 Å². The molecule has 0 saturated carbocycles. The molecule has 0 unspecified atom stereocenters. The molecule has 0 fully saturated rings. The smallest absolute Gasteiger partial charge is 0.326 e. The number of carboxylic acids is 1. The summed E-state index contributed by atoms with van der Waals surface area (Å²) in [6.07, 6.45) is -0.381. The second-order valence-electron chi connectivity index (χ2n) is 4.39. The lowest BCUT2D eigenvalue weighted by Crippen LogP contribution is -2.46. The maximum Gasteiger partial charge on any atom is 0.326 e. The van der Waals surface area contributed by atoms with Gasteiger partial charge in [-0.3, -0.25) is 9.59 Å². The van der Waals surface area contributed by atoms with Crippen molar-refractivity contribution >= 4 is 17.8 Å². The summed E-state index contributed by atoms with van der Waals surface area (Å²) < 4.78 is 4.34. The van der Waals surface area contributed by atoms with Gasteiger partial charge in [-0.25, -0.2) is 4.79 Å². The molecule has 0 bridgehead atoms. The van der Waals surface area contributed by atoms with Crippen LogP contribution in [0.2, 0.25) is 0 Å². The maximum absolute atomic E-state index is 11.5. The van der Waals surface area contributed by atoms with E-state index in [0.29, 0.717) is 0 Å². The van der Waals surface area contributed by atoms with Crippen molar-refractivity contribution in [3.8, 4) is 0 Å². The van der Waals surface area contributed by atoms with Crippen molar-refractivity contribution in [1.82, 2.24) is 5.32 Å². The predicted octanol–water partition coefficient (Wildman–Crippen LogP) is 0.165. The van der Waals surface area contributed by atoms with Crippen molar-refractivity contribution in [2.75, 3.05) is 7.11 Å². The number of nitrogens with one attached hydrogen (secondary N) is 1. The molecule has 0 aromatic carbocycles. The van der Waals surface area contributed by atoms with Gasteiger partial charge in [0.25, 0.3) is 0 Å². The van der Waals surface area contributed by atoms with E-state index < -0.39 is 29.3 Å². The van der Waals surface area contributed by atoms with Gasteiger partial charge in [0.05, 0.1) is 13.5 Å². The van der Waals surface area contributed by atoms with E-state index in [-0.39, 0.29) is 6.42 Å². The highest BCUT2D eigenvalue weighted by molar-refractivity contribution is 5.89. The number of carboxylic acid groups (broad SMARTS) is 1. The molecule has 6 heteroatoms. The Morgan fingerprint density at radius 1 is 1.31 bits per heavy atom. The Kier molecular flexibility index (Phi) is 4.94. The van der Waals surface area contributed by atoms with Gasteiger partial charge in [-0.05, 0) is 0 Å². The van der Waals surface area contributed by atoms with Gasteiger partial charge in [0.15, 0.2) is 0 Å². The lowest BCUT2D eigenvalue weighted by atomic mass is 9.95. The maximum atomic E-state index is 11.5. The number of methoxy groups -OCH3 is 1. The average molecular weight is 231 g/mol. The number of esters is 1. The number of carbonyl (C=O) groups excluding carboxylic acids is 2. The molecule has 92 valence electrons. The zero-order valence-electron chi connectivity index (χ0n) is 9.86. The fourth-order valence-electron chi connectivity index (χ4n) is 0.825. The molecule has 1 amide bonds. The Morgan fingerprint density at radius 3 is 2.12 bits per heavy atom. The fourth-order valence-corrected chi connectivity index (χ4v) is 0.825. The zero-order chi connectivity index (χ0) is 12.9. The number of amides is 1. The third kappa shape index (κ3) is 4.77. The molecule has 0 radical (unpaired) electrons. The Bertz CT molecular complexity index is 292. The van der Waals surface area contributed by atoms with Gasteiger partial charge in [0.1, 0.15) is 6.04 Å². The van der Waals surface area contributed by atoms with E-state index >= 15 is 0 Å². The molecule has 2 N–H and O–H groups in total. The molecule has 0 heterocycles. The van der Waals surface area contributed by atoms with Crippen LogP contribution < -0.4 is 5.32 Å². The second kappa shape index (κ2) is 5.48. The van der Waals surface area contributed by atoms with Crippen molar-refractivity contribution in [3.63, 3.8) is 0 Å². The normalized spacial score (nSPS) is 12.8. The zero-order valence-corrected chi connectivity index (χ0v) is 9.86. The minimum absolute atomic E-state index is 0.381. The van der Waals surface area contributed by atoms with Crippen LogP contribution in [0.3, 0.4) is 0 Å². The van der Waals surface area contributed by atoms with Gasteiger partial charge >= 0.3 is 11.9 Å². The van der Waals surface area contributed by atoms with Crippen LogP contribution in [0.15, 0.2) is 0 Å². The summed E-state index contributed by atoms with van der Waals surface area (Å²) in [5, 5.41) is 11.1. The van der Waals surface area contributed by atoms with Crippen molar-refractivity contribution in [2.24, 2.45) is 5.41 Å². The highest BCUT2D eigenvalue weighted by Crippen LogP contribution is 2.13. The molecule has 0 saturated heterocycles. The third-order valence-corrected chi connectivity index (χ3v) is 1.88. The number of hydrogen-bond donors (Lipinski definition) is 2. The fraction of sp³-hybridized carbons (Fsp3) is 0.700. The van der Waals surface area contributed by atoms with E-state index in [1.165, 1.54) is 0 Å². The van der Waals surface area contributed by atoms with E-state index in [0.717, 1.165) is 7.11 Å². The van der Waals surface area contributed by atoms with Crippen LogP contribution >= 0.6 is 0 Å². The first-order chi connectivity index (χ1) is 7.18. The number of hydrogen-bond acceptors (Lipinski definition) is 4. The first-order valence-corrected chi connectivity index (χ1v) is 4.79. The van der Waals surface area contributed by atoms with Gasteiger partial charge in [0.2, 0.25) is 5.91 Å². The molecule has 0 aromatic rings. The first kappa shape index (κ1) is 14.4. The summed E-state index contributed by atoms with van der Waals surface area (Å²) in [4.78, 5) is 33.2. The molecular weight excluding hydrogens is 214 g/mol. The Labute approximate surface area is 94.0 Å². The number of rotatable bonds is 4. The SMILES string of the molecule is COC(=O)C[C@H](NC(=O)C(C)(C)C)C(=O)O. The monoisotopic (exact) mass is 231 g/mol. The Morgan fingerprint density at radius 2 is 1.81 bits per heavy atom. The van der Waals surface area contributed by atoms with Crippen LogP contribution in [-0.2, 0) is 19.1 Å². The summed E-state index contributed by atoms with van der Waals surface area (Å²) in [7, 11) is 1.16.